The average Bonchev–Trinajstić information content (AvgIpc) is 2.60. The molecule has 2 fully saturated rings. The van der Waals surface area contributed by atoms with E-state index in [1.54, 1.807) is 0 Å². The Bertz CT molecular complexity index is 193. The van der Waals surface area contributed by atoms with E-state index in [1.807, 2.05) is 0 Å². The van der Waals surface area contributed by atoms with Gasteiger partial charge in [0.2, 0.25) is 0 Å². The number of hydrogen-bond acceptors (Lipinski definition) is 2. The van der Waals surface area contributed by atoms with E-state index in [-0.39, 0.29) is 6.54 Å². The number of hydrogen-bond donors (Lipinski definition) is 2. The summed E-state index contributed by atoms with van der Waals surface area (Å²) in [7, 11) is 0. The highest BCUT2D eigenvalue weighted by molar-refractivity contribution is 5.69. The van der Waals surface area contributed by atoms with Crippen LogP contribution in [0.15, 0.2) is 0 Å². The SMILES string of the molecule is O=C(O)CN[C@@H]1C[C@H]2CC[C@@H]1C2. The van der Waals surface area contributed by atoms with Crippen molar-refractivity contribution in [1.82, 2.24) is 5.32 Å². The fraction of sp³-hybridized carbons (Fsp3) is 0.889. The molecule has 3 heteroatoms. The molecule has 0 heterocycles. The molecule has 0 unspecified atom stereocenters. The summed E-state index contributed by atoms with van der Waals surface area (Å²) in [5, 5.41) is 11.6. The predicted octanol–water partition coefficient (Wildman–Crippen LogP) is 0.849. The lowest BCUT2D eigenvalue weighted by Gasteiger charge is -2.21. The molecule has 0 saturated heterocycles. The normalized spacial score (nSPS) is 38.8. The van der Waals surface area contributed by atoms with E-state index in [9.17, 15) is 4.79 Å². The fourth-order valence-corrected chi connectivity index (χ4v) is 2.71. The Balaban J connectivity index is 1.79. The molecule has 0 aromatic heterocycles. The van der Waals surface area contributed by atoms with Crippen molar-refractivity contribution in [3.05, 3.63) is 0 Å². The van der Waals surface area contributed by atoms with Crippen LogP contribution in [-0.4, -0.2) is 23.7 Å². The highest BCUT2D eigenvalue weighted by atomic mass is 16.4. The van der Waals surface area contributed by atoms with Gasteiger partial charge in [0.15, 0.2) is 0 Å². The van der Waals surface area contributed by atoms with E-state index >= 15 is 0 Å². The molecule has 2 aliphatic rings. The third-order valence-corrected chi connectivity index (χ3v) is 3.25. The third kappa shape index (κ3) is 1.46. The summed E-state index contributed by atoms with van der Waals surface area (Å²) in [4.78, 5) is 10.3. The van der Waals surface area contributed by atoms with Crippen LogP contribution in [0.25, 0.3) is 0 Å². The first-order chi connectivity index (χ1) is 5.75. The van der Waals surface area contributed by atoms with Crippen molar-refractivity contribution < 1.29 is 9.90 Å². The van der Waals surface area contributed by atoms with Gasteiger partial charge in [-0.1, -0.05) is 6.42 Å². The van der Waals surface area contributed by atoms with Gasteiger partial charge in [0.05, 0.1) is 6.54 Å². The molecule has 0 aliphatic heterocycles. The summed E-state index contributed by atoms with van der Waals surface area (Å²) in [6.07, 6.45) is 5.22. The number of fused-ring (bicyclic) bond motifs is 2. The second kappa shape index (κ2) is 3.05. The first-order valence-electron chi connectivity index (χ1n) is 4.71. The summed E-state index contributed by atoms with van der Waals surface area (Å²) in [6.45, 7) is 0.133. The van der Waals surface area contributed by atoms with Crippen molar-refractivity contribution in [2.45, 2.75) is 31.7 Å². The maximum Gasteiger partial charge on any atom is 0.317 e. The standard InChI is InChI=1S/C9H15NO2/c11-9(12)5-10-8-4-6-1-2-7(8)3-6/h6-8,10H,1-5H2,(H,11,12)/t6-,7+,8+/m0/s1. The smallest absolute Gasteiger partial charge is 0.317 e. The molecule has 0 spiro atoms. The van der Waals surface area contributed by atoms with Crippen LogP contribution in [0.1, 0.15) is 25.7 Å². The molecule has 2 aliphatic carbocycles. The number of carbonyl (C=O) groups is 1. The van der Waals surface area contributed by atoms with Gasteiger partial charge in [0.25, 0.3) is 0 Å². The van der Waals surface area contributed by atoms with E-state index < -0.39 is 5.97 Å². The minimum Gasteiger partial charge on any atom is -0.480 e. The fourth-order valence-electron chi connectivity index (χ4n) is 2.71. The highest BCUT2D eigenvalue weighted by Crippen LogP contribution is 2.44. The molecule has 3 atom stereocenters. The summed E-state index contributed by atoms with van der Waals surface area (Å²) in [5.41, 5.74) is 0. The Morgan fingerprint density at radius 1 is 1.42 bits per heavy atom. The summed E-state index contributed by atoms with van der Waals surface area (Å²) in [5.74, 6) is 0.924. The number of carboxylic acid groups (broad SMARTS) is 1. The molecule has 3 nitrogen and oxygen atoms in total. The van der Waals surface area contributed by atoms with Gasteiger partial charge in [-0.3, -0.25) is 4.79 Å². The molecule has 2 N–H and O–H groups in total. The first-order valence-corrected chi connectivity index (χ1v) is 4.71. The van der Waals surface area contributed by atoms with Crippen molar-refractivity contribution in [2.24, 2.45) is 11.8 Å². The van der Waals surface area contributed by atoms with Crippen LogP contribution >= 0.6 is 0 Å². The number of carboxylic acids is 1. The Hall–Kier alpha value is -0.570. The number of rotatable bonds is 3. The lowest BCUT2D eigenvalue weighted by molar-refractivity contribution is -0.136. The molecule has 0 radical (unpaired) electrons. The maximum absolute atomic E-state index is 10.3. The zero-order valence-electron chi connectivity index (χ0n) is 7.12. The van der Waals surface area contributed by atoms with Gasteiger partial charge < -0.3 is 10.4 Å². The van der Waals surface area contributed by atoms with E-state index in [2.05, 4.69) is 5.32 Å². The number of nitrogens with one attached hydrogen (secondary N) is 1. The van der Waals surface area contributed by atoms with Gasteiger partial charge in [-0.05, 0) is 31.1 Å². The molecule has 2 bridgehead atoms. The molecule has 12 heavy (non-hydrogen) atoms. The summed E-state index contributed by atoms with van der Waals surface area (Å²) < 4.78 is 0. The van der Waals surface area contributed by atoms with Crippen molar-refractivity contribution >= 4 is 5.97 Å². The van der Waals surface area contributed by atoms with E-state index in [0.29, 0.717) is 6.04 Å². The van der Waals surface area contributed by atoms with Crippen LogP contribution in [0.5, 0.6) is 0 Å². The number of aliphatic carboxylic acids is 1. The topological polar surface area (TPSA) is 49.3 Å². The van der Waals surface area contributed by atoms with Crippen LogP contribution < -0.4 is 5.32 Å². The second-order valence-electron chi connectivity index (χ2n) is 4.06. The van der Waals surface area contributed by atoms with Crippen molar-refractivity contribution in [1.29, 1.82) is 0 Å². The molecular weight excluding hydrogens is 154 g/mol. The summed E-state index contributed by atoms with van der Waals surface area (Å²) >= 11 is 0. The van der Waals surface area contributed by atoms with Crippen LogP contribution in [0.4, 0.5) is 0 Å². The van der Waals surface area contributed by atoms with E-state index in [1.165, 1.54) is 25.7 Å². The maximum atomic E-state index is 10.3. The Morgan fingerprint density at radius 3 is 2.75 bits per heavy atom. The predicted molar refractivity (Wildman–Crippen MR) is 44.9 cm³/mol. The van der Waals surface area contributed by atoms with Crippen LogP contribution in [0, 0.1) is 11.8 Å². The lowest BCUT2D eigenvalue weighted by atomic mass is 9.95. The molecule has 2 saturated carbocycles. The van der Waals surface area contributed by atoms with Gasteiger partial charge in [-0.25, -0.2) is 0 Å². The summed E-state index contributed by atoms with van der Waals surface area (Å²) in [6, 6.07) is 0.500. The average molecular weight is 169 g/mol. The zero-order valence-corrected chi connectivity index (χ0v) is 7.12. The van der Waals surface area contributed by atoms with Crippen LogP contribution in [0.2, 0.25) is 0 Å². The van der Waals surface area contributed by atoms with Crippen molar-refractivity contribution in [3.8, 4) is 0 Å². The van der Waals surface area contributed by atoms with E-state index in [0.717, 1.165) is 11.8 Å². The van der Waals surface area contributed by atoms with Gasteiger partial charge in [0.1, 0.15) is 0 Å². The molecule has 2 rings (SSSR count). The van der Waals surface area contributed by atoms with Gasteiger partial charge in [-0.2, -0.15) is 0 Å². The highest BCUT2D eigenvalue weighted by Gasteiger charge is 2.39. The minimum atomic E-state index is -0.738. The second-order valence-corrected chi connectivity index (χ2v) is 4.06. The van der Waals surface area contributed by atoms with Gasteiger partial charge in [-0.15, -0.1) is 0 Å². The van der Waals surface area contributed by atoms with Crippen molar-refractivity contribution in [2.75, 3.05) is 6.54 Å². The minimum absolute atomic E-state index is 0.133. The first kappa shape index (κ1) is 8.05. The van der Waals surface area contributed by atoms with Crippen molar-refractivity contribution in [3.63, 3.8) is 0 Å². The molecule has 0 aromatic rings. The van der Waals surface area contributed by atoms with E-state index in [4.69, 9.17) is 5.11 Å². The molecular formula is C9H15NO2. The molecule has 0 aromatic carbocycles. The largest absolute Gasteiger partial charge is 0.480 e. The Labute approximate surface area is 72.2 Å². The van der Waals surface area contributed by atoms with Crippen LogP contribution in [0.3, 0.4) is 0 Å². The van der Waals surface area contributed by atoms with Gasteiger partial charge >= 0.3 is 5.97 Å². The third-order valence-electron chi connectivity index (χ3n) is 3.25. The monoisotopic (exact) mass is 169 g/mol. The molecule has 68 valence electrons. The lowest BCUT2D eigenvalue weighted by Crippen LogP contribution is -2.37. The Morgan fingerprint density at radius 2 is 2.25 bits per heavy atom. The quantitative estimate of drug-likeness (QED) is 0.658. The molecule has 0 amide bonds. The Kier molecular flexibility index (Phi) is 2.05. The van der Waals surface area contributed by atoms with Gasteiger partial charge in [0, 0.05) is 6.04 Å². The van der Waals surface area contributed by atoms with Crippen LogP contribution in [-0.2, 0) is 4.79 Å². The zero-order chi connectivity index (χ0) is 8.55.